The maximum Gasteiger partial charge on any atom is 0.161 e. The number of ether oxygens (including phenoxy) is 1. The predicted molar refractivity (Wildman–Crippen MR) is 80.1 cm³/mol. The molecule has 0 aliphatic rings. The van der Waals surface area contributed by atoms with Gasteiger partial charge in [-0.15, -0.1) is 0 Å². The highest BCUT2D eigenvalue weighted by molar-refractivity contribution is 6.34. The molecule has 2 rings (SSSR count). The van der Waals surface area contributed by atoms with E-state index in [4.69, 9.17) is 33.8 Å². The number of hydrogen-bond donors (Lipinski definition) is 2. The Morgan fingerprint density at radius 1 is 1.35 bits per heavy atom. The topological polar surface area (TPSA) is 65.1 Å². The summed E-state index contributed by atoms with van der Waals surface area (Å²) in [6.45, 7) is 2.69. The molecule has 5 nitrogen and oxygen atoms in total. The molecule has 0 bridgehead atoms. The second-order valence-electron chi connectivity index (χ2n) is 4.22. The standard InChI is InChI=1S/C13H16Cl2N4O/c1-3-19-13(11(20-2)7-17-19)12(18-16)8-4-9(14)6-10(15)5-8/h4-7,12,18H,3,16H2,1-2H3. The molecule has 0 spiro atoms. The summed E-state index contributed by atoms with van der Waals surface area (Å²) in [5.41, 5.74) is 4.44. The number of aryl methyl sites for hydroxylation is 1. The molecule has 0 saturated heterocycles. The van der Waals surface area contributed by atoms with Crippen LogP contribution in [0.2, 0.25) is 10.0 Å². The van der Waals surface area contributed by atoms with Crippen molar-refractivity contribution in [3.63, 3.8) is 0 Å². The van der Waals surface area contributed by atoms with Crippen molar-refractivity contribution in [3.05, 3.63) is 45.7 Å². The summed E-state index contributed by atoms with van der Waals surface area (Å²) < 4.78 is 7.17. The van der Waals surface area contributed by atoms with Gasteiger partial charge in [0.05, 0.1) is 19.3 Å². The number of aromatic nitrogens is 2. The van der Waals surface area contributed by atoms with Crippen molar-refractivity contribution < 1.29 is 4.74 Å². The Morgan fingerprint density at radius 3 is 2.50 bits per heavy atom. The Kier molecular flexibility index (Phi) is 4.88. The molecule has 0 amide bonds. The predicted octanol–water partition coefficient (Wildman–Crippen LogP) is 2.77. The quantitative estimate of drug-likeness (QED) is 0.658. The van der Waals surface area contributed by atoms with Gasteiger partial charge >= 0.3 is 0 Å². The van der Waals surface area contributed by atoms with Crippen LogP contribution in [0.5, 0.6) is 5.75 Å². The van der Waals surface area contributed by atoms with Gasteiger partial charge in [-0.25, -0.2) is 5.43 Å². The van der Waals surface area contributed by atoms with Crippen LogP contribution < -0.4 is 16.0 Å². The number of halogens is 2. The summed E-state index contributed by atoms with van der Waals surface area (Å²) in [5.74, 6) is 6.37. The first-order valence-electron chi connectivity index (χ1n) is 6.12. The van der Waals surface area contributed by atoms with Crippen LogP contribution in [-0.4, -0.2) is 16.9 Å². The largest absolute Gasteiger partial charge is 0.493 e. The minimum absolute atomic E-state index is 0.316. The van der Waals surface area contributed by atoms with Crippen LogP contribution >= 0.6 is 23.2 Å². The number of hydrazine groups is 1. The van der Waals surface area contributed by atoms with Crippen molar-refractivity contribution >= 4 is 23.2 Å². The maximum atomic E-state index is 6.05. The average Bonchev–Trinajstić information content (AvgIpc) is 2.81. The van der Waals surface area contributed by atoms with E-state index < -0.39 is 0 Å². The van der Waals surface area contributed by atoms with E-state index in [1.54, 1.807) is 19.4 Å². The number of nitrogens with zero attached hydrogens (tertiary/aromatic N) is 2. The van der Waals surface area contributed by atoms with Crippen molar-refractivity contribution in [2.45, 2.75) is 19.5 Å². The lowest BCUT2D eigenvalue weighted by molar-refractivity contribution is 0.399. The summed E-state index contributed by atoms with van der Waals surface area (Å²) in [6, 6.07) is 4.98. The second kappa shape index (κ2) is 6.45. The van der Waals surface area contributed by atoms with Gasteiger partial charge in [-0.05, 0) is 30.7 Å². The normalized spacial score (nSPS) is 12.4. The highest BCUT2D eigenvalue weighted by Crippen LogP contribution is 2.32. The molecule has 1 atom stereocenters. The van der Waals surface area contributed by atoms with Crippen LogP contribution in [-0.2, 0) is 6.54 Å². The summed E-state index contributed by atoms with van der Waals surface area (Å²) in [4.78, 5) is 0. The molecule has 0 saturated carbocycles. The Bertz CT molecular complexity index is 558. The lowest BCUT2D eigenvalue weighted by Crippen LogP contribution is -2.31. The zero-order valence-electron chi connectivity index (χ0n) is 11.2. The molecule has 2 aromatic rings. The Morgan fingerprint density at radius 2 is 2.00 bits per heavy atom. The molecule has 3 N–H and O–H groups in total. The van der Waals surface area contributed by atoms with Gasteiger partial charge in [0, 0.05) is 16.6 Å². The molecule has 1 aromatic carbocycles. The molecule has 0 fully saturated rings. The Labute approximate surface area is 127 Å². The van der Waals surface area contributed by atoms with Crippen LogP contribution in [0.4, 0.5) is 0 Å². The third kappa shape index (κ3) is 2.91. The molecule has 1 heterocycles. The lowest BCUT2D eigenvalue weighted by atomic mass is 10.0. The molecular formula is C13H16Cl2N4O. The molecule has 108 valence electrons. The van der Waals surface area contributed by atoms with Gasteiger partial charge in [0.25, 0.3) is 0 Å². The minimum atomic E-state index is -0.316. The zero-order chi connectivity index (χ0) is 14.7. The van der Waals surface area contributed by atoms with E-state index in [9.17, 15) is 0 Å². The van der Waals surface area contributed by atoms with Crippen LogP contribution in [0.15, 0.2) is 24.4 Å². The van der Waals surface area contributed by atoms with E-state index in [2.05, 4.69) is 10.5 Å². The number of nitrogens with two attached hydrogens (primary N) is 1. The van der Waals surface area contributed by atoms with E-state index in [0.29, 0.717) is 22.3 Å². The second-order valence-corrected chi connectivity index (χ2v) is 5.09. The highest BCUT2D eigenvalue weighted by atomic mass is 35.5. The molecular weight excluding hydrogens is 299 g/mol. The SMILES string of the molecule is CCn1ncc(OC)c1C(NN)c1cc(Cl)cc(Cl)c1. The van der Waals surface area contributed by atoms with E-state index in [-0.39, 0.29) is 6.04 Å². The number of benzene rings is 1. The zero-order valence-corrected chi connectivity index (χ0v) is 12.7. The van der Waals surface area contributed by atoms with Crippen molar-refractivity contribution in [2.75, 3.05) is 7.11 Å². The van der Waals surface area contributed by atoms with Crippen LogP contribution in [0.3, 0.4) is 0 Å². The van der Waals surface area contributed by atoms with Gasteiger partial charge < -0.3 is 4.74 Å². The minimum Gasteiger partial charge on any atom is -0.493 e. The third-order valence-corrected chi connectivity index (χ3v) is 3.46. The van der Waals surface area contributed by atoms with E-state index in [1.807, 2.05) is 23.7 Å². The van der Waals surface area contributed by atoms with Gasteiger partial charge in [0.2, 0.25) is 0 Å². The van der Waals surface area contributed by atoms with E-state index in [1.165, 1.54) is 0 Å². The van der Waals surface area contributed by atoms with E-state index in [0.717, 1.165) is 11.3 Å². The van der Waals surface area contributed by atoms with Gasteiger partial charge in [-0.2, -0.15) is 5.10 Å². The fraction of sp³-hybridized carbons (Fsp3) is 0.308. The molecule has 1 unspecified atom stereocenters. The Hall–Kier alpha value is -1.27. The van der Waals surface area contributed by atoms with E-state index >= 15 is 0 Å². The van der Waals surface area contributed by atoms with Gasteiger partial charge in [0.1, 0.15) is 5.69 Å². The van der Waals surface area contributed by atoms with Crippen LogP contribution in [0, 0.1) is 0 Å². The summed E-state index contributed by atoms with van der Waals surface area (Å²) in [7, 11) is 1.60. The number of methoxy groups -OCH3 is 1. The molecule has 7 heteroatoms. The van der Waals surface area contributed by atoms with Gasteiger partial charge in [0.15, 0.2) is 5.75 Å². The fourth-order valence-electron chi connectivity index (χ4n) is 2.15. The summed E-state index contributed by atoms with van der Waals surface area (Å²) in [5, 5.41) is 5.38. The lowest BCUT2D eigenvalue weighted by Gasteiger charge is -2.19. The van der Waals surface area contributed by atoms with Crippen molar-refractivity contribution in [1.82, 2.24) is 15.2 Å². The number of nitrogens with one attached hydrogen (secondary N) is 1. The first kappa shape index (κ1) is 15.1. The Balaban J connectivity index is 2.54. The maximum absolute atomic E-state index is 6.05. The first-order chi connectivity index (χ1) is 9.60. The van der Waals surface area contributed by atoms with Crippen molar-refractivity contribution in [1.29, 1.82) is 0 Å². The molecule has 1 aromatic heterocycles. The van der Waals surface area contributed by atoms with Crippen molar-refractivity contribution in [3.8, 4) is 5.75 Å². The molecule has 0 aliphatic carbocycles. The number of hydrogen-bond acceptors (Lipinski definition) is 4. The van der Waals surface area contributed by atoms with Crippen molar-refractivity contribution in [2.24, 2.45) is 5.84 Å². The van der Waals surface area contributed by atoms with Crippen LogP contribution in [0.1, 0.15) is 24.2 Å². The van der Waals surface area contributed by atoms with Gasteiger partial charge in [-0.3, -0.25) is 10.5 Å². The summed E-state index contributed by atoms with van der Waals surface area (Å²) in [6.07, 6.45) is 1.66. The molecule has 20 heavy (non-hydrogen) atoms. The smallest absolute Gasteiger partial charge is 0.161 e. The van der Waals surface area contributed by atoms with Crippen LogP contribution in [0.25, 0.3) is 0 Å². The fourth-order valence-corrected chi connectivity index (χ4v) is 2.70. The molecule has 0 aliphatic heterocycles. The average molecular weight is 315 g/mol. The highest BCUT2D eigenvalue weighted by Gasteiger charge is 2.23. The monoisotopic (exact) mass is 314 g/mol. The third-order valence-electron chi connectivity index (χ3n) is 3.02. The summed E-state index contributed by atoms with van der Waals surface area (Å²) >= 11 is 12.1. The molecule has 0 radical (unpaired) electrons. The first-order valence-corrected chi connectivity index (χ1v) is 6.88. The van der Waals surface area contributed by atoms with Gasteiger partial charge in [-0.1, -0.05) is 23.2 Å². The number of rotatable bonds is 5.